The first kappa shape index (κ1) is 24.2. The molecule has 2 N–H and O–H groups in total. The topological polar surface area (TPSA) is 112 Å². The van der Waals surface area contributed by atoms with Crippen LogP contribution in [0.5, 0.6) is 17.2 Å². The fraction of sp³-hybridized carbons (Fsp3) is 0.300. The third kappa shape index (κ3) is 6.43. The van der Waals surface area contributed by atoms with Gasteiger partial charge < -0.3 is 19.5 Å². The number of rotatable bonds is 9. The number of ether oxygens (including phenoxy) is 3. The van der Waals surface area contributed by atoms with Crippen molar-refractivity contribution in [1.82, 2.24) is 5.32 Å². The second-order valence-corrected chi connectivity index (χ2v) is 6.75. The molecule has 0 saturated heterocycles. The van der Waals surface area contributed by atoms with Crippen molar-refractivity contribution in [3.8, 4) is 17.2 Å². The average molecular weight is 468 g/mol. The van der Waals surface area contributed by atoms with E-state index in [0.717, 1.165) is 0 Å². The van der Waals surface area contributed by atoms with Crippen molar-refractivity contribution in [2.24, 2.45) is 0 Å². The minimum absolute atomic E-state index is 0.00759. The zero-order chi connectivity index (χ0) is 23.0. The van der Waals surface area contributed by atoms with E-state index in [1.165, 1.54) is 30.3 Å². The van der Waals surface area contributed by atoms with Crippen LogP contribution in [0.25, 0.3) is 0 Å². The van der Waals surface area contributed by atoms with Gasteiger partial charge in [-0.1, -0.05) is 11.6 Å². The Kier molecular flexibility index (Phi) is 8.83. The van der Waals surface area contributed by atoms with Gasteiger partial charge in [0.1, 0.15) is 5.02 Å². The lowest BCUT2D eigenvalue weighted by Gasteiger charge is -2.17. The van der Waals surface area contributed by atoms with E-state index >= 15 is 0 Å². The molecule has 0 aliphatic heterocycles. The van der Waals surface area contributed by atoms with Gasteiger partial charge in [0.05, 0.1) is 24.7 Å². The van der Waals surface area contributed by atoms with Crippen molar-refractivity contribution in [2.75, 3.05) is 25.1 Å². The van der Waals surface area contributed by atoms with Crippen LogP contribution in [0.4, 0.5) is 11.4 Å². The van der Waals surface area contributed by atoms with Crippen LogP contribution in [0.3, 0.4) is 0 Å². The third-order valence-corrected chi connectivity index (χ3v) is 4.32. The molecule has 0 heterocycles. The summed E-state index contributed by atoms with van der Waals surface area (Å²) in [7, 11) is 0. The first-order chi connectivity index (χ1) is 14.8. The van der Waals surface area contributed by atoms with E-state index < -0.39 is 10.8 Å². The molecule has 0 aliphatic carbocycles. The summed E-state index contributed by atoms with van der Waals surface area (Å²) in [6.07, 6.45) is 0. The van der Waals surface area contributed by atoms with Crippen molar-refractivity contribution in [1.29, 1.82) is 0 Å². The highest BCUT2D eigenvalue weighted by Gasteiger charge is 2.19. The van der Waals surface area contributed by atoms with E-state index in [0.29, 0.717) is 42.8 Å². The normalized spacial score (nSPS) is 10.2. The summed E-state index contributed by atoms with van der Waals surface area (Å²) in [5.41, 5.74) is 0.259. The maximum atomic E-state index is 12.7. The van der Waals surface area contributed by atoms with Gasteiger partial charge in [0, 0.05) is 17.3 Å². The van der Waals surface area contributed by atoms with Gasteiger partial charge in [0.2, 0.25) is 5.75 Å². The molecule has 0 aromatic heterocycles. The number of benzene rings is 2. The molecule has 2 rings (SSSR count). The van der Waals surface area contributed by atoms with Crippen LogP contribution in [-0.4, -0.2) is 35.8 Å². The number of nitro benzene ring substituents is 1. The SMILES string of the molecule is CCOc1cc(C(=O)NC(=S)Nc2ccc(Cl)c([N+](=O)[O-])c2)cc(OCC)c1OCC. The molecule has 11 heteroatoms. The molecule has 31 heavy (non-hydrogen) atoms. The second kappa shape index (κ2) is 11.3. The number of hydrogen-bond acceptors (Lipinski definition) is 7. The van der Waals surface area contributed by atoms with Crippen LogP contribution in [0.15, 0.2) is 30.3 Å². The van der Waals surface area contributed by atoms with Crippen LogP contribution in [0.2, 0.25) is 5.02 Å². The van der Waals surface area contributed by atoms with Gasteiger partial charge in [0.25, 0.3) is 11.6 Å². The van der Waals surface area contributed by atoms with Gasteiger partial charge >= 0.3 is 0 Å². The lowest BCUT2D eigenvalue weighted by atomic mass is 10.1. The fourth-order valence-corrected chi connectivity index (χ4v) is 2.98. The highest BCUT2D eigenvalue weighted by atomic mass is 35.5. The molecular weight excluding hydrogens is 446 g/mol. The number of nitro groups is 1. The number of halogens is 1. The molecule has 0 saturated carbocycles. The van der Waals surface area contributed by atoms with Crippen molar-refractivity contribution in [2.45, 2.75) is 20.8 Å². The number of carbonyl (C=O) groups is 1. The quantitative estimate of drug-likeness (QED) is 0.313. The number of hydrogen-bond donors (Lipinski definition) is 2. The van der Waals surface area contributed by atoms with Gasteiger partial charge in [-0.05, 0) is 57.3 Å². The highest BCUT2D eigenvalue weighted by molar-refractivity contribution is 7.80. The highest BCUT2D eigenvalue weighted by Crippen LogP contribution is 2.39. The van der Waals surface area contributed by atoms with E-state index in [2.05, 4.69) is 10.6 Å². The largest absolute Gasteiger partial charge is 0.490 e. The monoisotopic (exact) mass is 467 g/mol. The summed E-state index contributed by atoms with van der Waals surface area (Å²) in [6, 6.07) is 7.15. The van der Waals surface area contributed by atoms with Crippen LogP contribution < -0.4 is 24.8 Å². The molecule has 166 valence electrons. The molecular formula is C20H22ClN3O6S. The first-order valence-electron chi connectivity index (χ1n) is 9.43. The molecule has 9 nitrogen and oxygen atoms in total. The zero-order valence-corrected chi connectivity index (χ0v) is 18.8. The summed E-state index contributed by atoms with van der Waals surface area (Å²) in [5.74, 6) is 0.628. The summed E-state index contributed by atoms with van der Waals surface area (Å²) < 4.78 is 16.8. The van der Waals surface area contributed by atoms with Crippen molar-refractivity contribution < 1.29 is 23.9 Å². The molecule has 0 radical (unpaired) electrons. The molecule has 0 bridgehead atoms. The van der Waals surface area contributed by atoms with Gasteiger partial charge in [-0.25, -0.2) is 0 Å². The van der Waals surface area contributed by atoms with E-state index in [4.69, 9.17) is 38.0 Å². The van der Waals surface area contributed by atoms with E-state index in [9.17, 15) is 14.9 Å². The number of amides is 1. The average Bonchev–Trinajstić information content (AvgIpc) is 2.71. The number of thiocarbonyl (C=S) groups is 1. The Morgan fingerprint density at radius 2 is 1.65 bits per heavy atom. The molecule has 2 aromatic carbocycles. The lowest BCUT2D eigenvalue weighted by molar-refractivity contribution is -0.384. The first-order valence-corrected chi connectivity index (χ1v) is 10.2. The minimum Gasteiger partial charge on any atom is -0.490 e. The summed E-state index contributed by atoms with van der Waals surface area (Å²) in [4.78, 5) is 23.1. The molecule has 1 amide bonds. The molecule has 0 aliphatic rings. The van der Waals surface area contributed by atoms with Gasteiger partial charge in [-0.2, -0.15) is 0 Å². The standard InChI is InChI=1S/C20H22ClN3O6S/c1-4-28-16-9-12(10-17(29-5-2)18(16)30-6-3)19(25)23-20(31)22-13-7-8-14(21)15(11-13)24(26)27/h7-11H,4-6H2,1-3H3,(H2,22,23,25,31). The smallest absolute Gasteiger partial charge is 0.289 e. The summed E-state index contributed by atoms with van der Waals surface area (Å²) in [6.45, 7) is 6.59. The van der Waals surface area contributed by atoms with E-state index in [-0.39, 0.29) is 21.4 Å². The van der Waals surface area contributed by atoms with Crippen LogP contribution in [0, 0.1) is 10.1 Å². The Bertz CT molecular complexity index is 958. The molecule has 0 unspecified atom stereocenters. The van der Waals surface area contributed by atoms with Crippen molar-refractivity contribution in [3.63, 3.8) is 0 Å². The van der Waals surface area contributed by atoms with Crippen LogP contribution in [0.1, 0.15) is 31.1 Å². The van der Waals surface area contributed by atoms with Crippen molar-refractivity contribution in [3.05, 3.63) is 51.0 Å². The predicted octanol–water partition coefficient (Wildman–Crippen LogP) is 4.57. The molecule has 0 atom stereocenters. The number of anilines is 1. The van der Waals surface area contributed by atoms with Gasteiger partial charge in [-0.3, -0.25) is 20.2 Å². The van der Waals surface area contributed by atoms with Gasteiger partial charge in [0.15, 0.2) is 16.6 Å². The van der Waals surface area contributed by atoms with Crippen LogP contribution in [-0.2, 0) is 0 Å². The number of nitrogens with one attached hydrogen (secondary N) is 2. The summed E-state index contributed by atoms with van der Waals surface area (Å²) in [5, 5.41) is 16.2. The minimum atomic E-state index is -0.612. The lowest BCUT2D eigenvalue weighted by Crippen LogP contribution is -2.34. The Morgan fingerprint density at radius 3 is 2.16 bits per heavy atom. The number of carbonyl (C=O) groups excluding carboxylic acids is 1. The molecule has 0 fully saturated rings. The second-order valence-electron chi connectivity index (χ2n) is 5.93. The molecule has 2 aromatic rings. The fourth-order valence-electron chi connectivity index (χ4n) is 2.59. The van der Waals surface area contributed by atoms with Crippen LogP contribution >= 0.6 is 23.8 Å². The zero-order valence-electron chi connectivity index (χ0n) is 17.2. The van der Waals surface area contributed by atoms with Gasteiger partial charge in [-0.15, -0.1) is 0 Å². The maximum Gasteiger partial charge on any atom is 0.289 e. The molecule has 0 spiro atoms. The Morgan fingerprint density at radius 1 is 1.06 bits per heavy atom. The third-order valence-electron chi connectivity index (χ3n) is 3.80. The summed E-state index contributed by atoms with van der Waals surface area (Å²) >= 11 is 11.0. The van der Waals surface area contributed by atoms with E-state index in [1.807, 2.05) is 20.8 Å². The Hall–Kier alpha value is -3.11. The van der Waals surface area contributed by atoms with Crippen molar-refractivity contribution >= 4 is 46.2 Å². The Balaban J connectivity index is 2.23. The predicted molar refractivity (Wildman–Crippen MR) is 122 cm³/mol. The maximum absolute atomic E-state index is 12.7. The Labute approximate surface area is 189 Å². The van der Waals surface area contributed by atoms with E-state index in [1.54, 1.807) is 0 Å². The number of nitrogens with zero attached hydrogens (tertiary/aromatic N) is 1.